The Kier molecular flexibility index (Phi) is 3.01. The molecule has 4 nitrogen and oxygen atoms in total. The molecular formula is C14H11ClN4. The molecule has 0 saturated carbocycles. The van der Waals surface area contributed by atoms with E-state index >= 15 is 0 Å². The molecule has 0 radical (unpaired) electrons. The van der Waals surface area contributed by atoms with Gasteiger partial charge in [-0.3, -0.25) is 9.97 Å². The maximum Gasteiger partial charge on any atom is 0.137 e. The van der Waals surface area contributed by atoms with Crippen molar-refractivity contribution in [3.63, 3.8) is 0 Å². The highest BCUT2D eigenvalue weighted by Gasteiger charge is 2.02. The van der Waals surface area contributed by atoms with Gasteiger partial charge in [0.2, 0.25) is 0 Å². The molecule has 19 heavy (non-hydrogen) atoms. The van der Waals surface area contributed by atoms with E-state index in [-0.39, 0.29) is 0 Å². The Morgan fingerprint density at radius 2 is 2.16 bits per heavy atom. The van der Waals surface area contributed by atoms with Crippen LogP contribution in [-0.2, 0) is 0 Å². The summed E-state index contributed by atoms with van der Waals surface area (Å²) in [5.41, 5.74) is 3.59. The summed E-state index contributed by atoms with van der Waals surface area (Å²) in [4.78, 5) is 12.8. The Balaban J connectivity index is 2.01. The van der Waals surface area contributed by atoms with Gasteiger partial charge >= 0.3 is 0 Å². The van der Waals surface area contributed by atoms with E-state index in [1.165, 1.54) is 0 Å². The van der Waals surface area contributed by atoms with Crippen molar-refractivity contribution in [2.45, 2.75) is 6.92 Å². The molecule has 0 unspecified atom stereocenters. The molecule has 0 aliphatic rings. The van der Waals surface area contributed by atoms with Crippen molar-refractivity contribution in [2.75, 3.05) is 0 Å². The van der Waals surface area contributed by atoms with Crippen LogP contribution in [0.3, 0.4) is 0 Å². The van der Waals surface area contributed by atoms with Gasteiger partial charge in [-0.05, 0) is 30.7 Å². The SMILES string of the molecule is CC(=Cc1cn2cc(Cl)ccc2n1)c1cnccn1. The lowest BCUT2D eigenvalue weighted by atomic mass is 10.2. The van der Waals surface area contributed by atoms with Crippen LogP contribution in [0.25, 0.3) is 17.3 Å². The molecule has 0 N–H and O–H groups in total. The minimum Gasteiger partial charge on any atom is -0.305 e. The first kappa shape index (κ1) is 11.9. The summed E-state index contributed by atoms with van der Waals surface area (Å²) in [6.45, 7) is 1.99. The molecule has 0 spiro atoms. The summed E-state index contributed by atoms with van der Waals surface area (Å²) >= 11 is 5.95. The number of hydrogen-bond acceptors (Lipinski definition) is 3. The van der Waals surface area contributed by atoms with Gasteiger partial charge in [-0.25, -0.2) is 4.98 Å². The van der Waals surface area contributed by atoms with Crippen LogP contribution in [-0.4, -0.2) is 19.4 Å². The minimum absolute atomic E-state index is 0.686. The molecule has 0 amide bonds. The Morgan fingerprint density at radius 1 is 1.26 bits per heavy atom. The molecule has 3 rings (SSSR count). The van der Waals surface area contributed by atoms with Crippen LogP contribution in [0.5, 0.6) is 0 Å². The lowest BCUT2D eigenvalue weighted by Gasteiger charge is -1.97. The normalized spacial score (nSPS) is 12.0. The first-order valence-corrected chi connectivity index (χ1v) is 6.19. The van der Waals surface area contributed by atoms with E-state index < -0.39 is 0 Å². The Labute approximate surface area is 115 Å². The van der Waals surface area contributed by atoms with Crippen LogP contribution in [0.1, 0.15) is 18.3 Å². The molecule has 0 atom stereocenters. The van der Waals surface area contributed by atoms with E-state index in [0.29, 0.717) is 5.02 Å². The van der Waals surface area contributed by atoms with E-state index in [4.69, 9.17) is 11.6 Å². The highest BCUT2D eigenvalue weighted by atomic mass is 35.5. The minimum atomic E-state index is 0.686. The van der Waals surface area contributed by atoms with Gasteiger partial charge in [-0.2, -0.15) is 0 Å². The number of hydrogen-bond donors (Lipinski definition) is 0. The summed E-state index contributed by atoms with van der Waals surface area (Å²) < 4.78 is 1.90. The molecule has 0 aromatic carbocycles. The molecule has 3 aromatic heterocycles. The van der Waals surface area contributed by atoms with Crippen molar-refractivity contribution >= 4 is 28.9 Å². The van der Waals surface area contributed by atoms with E-state index in [0.717, 1.165) is 22.6 Å². The molecule has 3 heterocycles. The van der Waals surface area contributed by atoms with Crippen molar-refractivity contribution in [3.05, 3.63) is 59.5 Å². The Morgan fingerprint density at radius 3 is 2.95 bits per heavy atom. The lowest BCUT2D eigenvalue weighted by molar-refractivity contribution is 1.16. The molecular weight excluding hydrogens is 260 g/mol. The number of halogens is 1. The summed E-state index contributed by atoms with van der Waals surface area (Å²) in [7, 11) is 0. The highest BCUT2D eigenvalue weighted by Crippen LogP contribution is 2.16. The average molecular weight is 271 g/mol. The fourth-order valence-corrected chi connectivity index (χ4v) is 2.02. The molecule has 0 fully saturated rings. The van der Waals surface area contributed by atoms with Gasteiger partial charge in [0.25, 0.3) is 0 Å². The smallest absolute Gasteiger partial charge is 0.137 e. The maximum absolute atomic E-state index is 5.95. The molecule has 5 heteroatoms. The van der Waals surface area contributed by atoms with Crippen LogP contribution < -0.4 is 0 Å². The van der Waals surface area contributed by atoms with Gasteiger partial charge in [-0.15, -0.1) is 0 Å². The van der Waals surface area contributed by atoms with Crippen LogP contribution in [0, 0.1) is 0 Å². The first-order chi connectivity index (χ1) is 9.22. The zero-order chi connectivity index (χ0) is 13.2. The third kappa shape index (κ3) is 2.48. The fraction of sp³-hybridized carbons (Fsp3) is 0.0714. The van der Waals surface area contributed by atoms with Crippen LogP contribution in [0.2, 0.25) is 5.02 Å². The van der Waals surface area contributed by atoms with E-state index in [2.05, 4.69) is 15.0 Å². The third-order valence-corrected chi connectivity index (χ3v) is 2.99. The number of allylic oxidation sites excluding steroid dienone is 1. The van der Waals surface area contributed by atoms with Crippen molar-refractivity contribution in [1.82, 2.24) is 19.4 Å². The summed E-state index contributed by atoms with van der Waals surface area (Å²) in [5, 5.41) is 0.686. The maximum atomic E-state index is 5.95. The van der Waals surface area contributed by atoms with Crippen molar-refractivity contribution in [3.8, 4) is 0 Å². The predicted octanol–water partition coefficient (Wildman–Crippen LogP) is 3.34. The Hall–Kier alpha value is -2.20. The van der Waals surface area contributed by atoms with Crippen molar-refractivity contribution in [1.29, 1.82) is 0 Å². The second-order valence-corrected chi connectivity index (χ2v) is 4.63. The number of nitrogens with zero attached hydrogens (tertiary/aromatic N) is 4. The summed E-state index contributed by atoms with van der Waals surface area (Å²) in [5.74, 6) is 0. The molecule has 94 valence electrons. The molecule has 0 saturated heterocycles. The second kappa shape index (κ2) is 4.82. The summed E-state index contributed by atoms with van der Waals surface area (Å²) in [6, 6.07) is 3.71. The zero-order valence-corrected chi connectivity index (χ0v) is 11.0. The molecule has 0 aliphatic carbocycles. The monoisotopic (exact) mass is 270 g/mol. The van der Waals surface area contributed by atoms with Gasteiger partial charge in [0.1, 0.15) is 5.65 Å². The quantitative estimate of drug-likeness (QED) is 0.717. The predicted molar refractivity (Wildman–Crippen MR) is 75.8 cm³/mol. The number of rotatable bonds is 2. The molecule has 0 bridgehead atoms. The summed E-state index contributed by atoms with van der Waals surface area (Å²) in [6.07, 6.45) is 10.8. The number of imidazole rings is 1. The first-order valence-electron chi connectivity index (χ1n) is 5.81. The van der Waals surface area contributed by atoms with Crippen molar-refractivity contribution < 1.29 is 0 Å². The van der Waals surface area contributed by atoms with Gasteiger partial charge in [0.05, 0.1) is 22.6 Å². The van der Waals surface area contributed by atoms with Gasteiger partial charge in [-0.1, -0.05) is 11.6 Å². The largest absolute Gasteiger partial charge is 0.305 e. The van der Waals surface area contributed by atoms with E-state index in [1.54, 1.807) is 18.6 Å². The van der Waals surface area contributed by atoms with Gasteiger partial charge in [0, 0.05) is 24.8 Å². The fourth-order valence-electron chi connectivity index (χ4n) is 1.85. The van der Waals surface area contributed by atoms with Gasteiger partial charge < -0.3 is 4.40 Å². The topological polar surface area (TPSA) is 43.1 Å². The second-order valence-electron chi connectivity index (χ2n) is 4.20. The average Bonchev–Trinajstić information content (AvgIpc) is 2.81. The van der Waals surface area contributed by atoms with Crippen LogP contribution in [0.15, 0.2) is 43.1 Å². The van der Waals surface area contributed by atoms with E-state index in [1.807, 2.05) is 41.9 Å². The van der Waals surface area contributed by atoms with Crippen LogP contribution >= 0.6 is 11.6 Å². The van der Waals surface area contributed by atoms with E-state index in [9.17, 15) is 0 Å². The molecule has 3 aromatic rings. The zero-order valence-electron chi connectivity index (χ0n) is 10.3. The number of fused-ring (bicyclic) bond motifs is 1. The standard InChI is InChI=1S/C14H11ClN4/c1-10(13-7-16-4-5-17-13)6-12-9-19-8-11(15)2-3-14(19)18-12/h2-9H,1H3. The molecule has 0 aliphatic heterocycles. The highest BCUT2D eigenvalue weighted by molar-refractivity contribution is 6.30. The number of aromatic nitrogens is 4. The lowest BCUT2D eigenvalue weighted by Crippen LogP contribution is -1.86. The van der Waals surface area contributed by atoms with Crippen molar-refractivity contribution in [2.24, 2.45) is 0 Å². The Bertz CT molecular complexity index is 746. The number of pyridine rings is 1. The van der Waals surface area contributed by atoms with Crippen LogP contribution in [0.4, 0.5) is 0 Å². The van der Waals surface area contributed by atoms with Gasteiger partial charge in [0.15, 0.2) is 0 Å². The third-order valence-electron chi connectivity index (χ3n) is 2.77.